The van der Waals surface area contributed by atoms with E-state index in [0.29, 0.717) is 5.92 Å². The normalized spacial score (nSPS) is 13.2. The monoisotopic (exact) mass is 167 g/mol. The predicted molar refractivity (Wildman–Crippen MR) is 50.3 cm³/mol. The van der Waals surface area contributed by atoms with Crippen LogP contribution in [0.15, 0.2) is 22.8 Å². The third-order valence-electron chi connectivity index (χ3n) is 2.03. The summed E-state index contributed by atoms with van der Waals surface area (Å²) < 4.78 is 5.30. The molecule has 2 nitrogen and oxygen atoms in total. The Labute approximate surface area is 74.0 Å². The molecule has 0 bridgehead atoms. The molecule has 2 heteroatoms. The number of hydrogen-bond donors (Lipinski definition) is 1. The van der Waals surface area contributed by atoms with Crippen LogP contribution < -0.4 is 5.32 Å². The van der Waals surface area contributed by atoms with Gasteiger partial charge in [-0.3, -0.25) is 0 Å². The lowest BCUT2D eigenvalue weighted by atomic mass is 10.1. The van der Waals surface area contributed by atoms with Crippen molar-refractivity contribution in [2.75, 3.05) is 13.1 Å². The highest BCUT2D eigenvalue weighted by Crippen LogP contribution is 2.17. The van der Waals surface area contributed by atoms with Gasteiger partial charge in [0, 0.05) is 5.92 Å². The third-order valence-corrected chi connectivity index (χ3v) is 2.03. The highest BCUT2D eigenvalue weighted by Gasteiger charge is 2.06. The topological polar surface area (TPSA) is 25.2 Å². The van der Waals surface area contributed by atoms with Crippen molar-refractivity contribution in [3.63, 3.8) is 0 Å². The molecule has 0 amide bonds. The van der Waals surface area contributed by atoms with Crippen molar-refractivity contribution >= 4 is 0 Å². The Hall–Kier alpha value is -0.760. The first-order chi connectivity index (χ1) is 5.84. The molecular weight excluding hydrogens is 150 g/mol. The number of nitrogens with one attached hydrogen (secondary N) is 1. The van der Waals surface area contributed by atoms with Gasteiger partial charge in [0.1, 0.15) is 5.76 Å². The average Bonchev–Trinajstić information content (AvgIpc) is 2.56. The zero-order chi connectivity index (χ0) is 8.81. The second-order valence-electron chi connectivity index (χ2n) is 3.06. The molecular formula is C10H17NO. The van der Waals surface area contributed by atoms with Crippen LogP contribution in [0.1, 0.15) is 31.9 Å². The molecule has 0 aromatic carbocycles. The zero-order valence-corrected chi connectivity index (χ0v) is 7.84. The van der Waals surface area contributed by atoms with Crippen LogP contribution in [0, 0.1) is 0 Å². The van der Waals surface area contributed by atoms with Crippen LogP contribution in [0.5, 0.6) is 0 Å². The molecule has 68 valence electrons. The Balaban J connectivity index is 2.25. The molecule has 0 radical (unpaired) electrons. The van der Waals surface area contributed by atoms with E-state index in [9.17, 15) is 0 Å². The Morgan fingerprint density at radius 2 is 2.42 bits per heavy atom. The van der Waals surface area contributed by atoms with E-state index in [2.05, 4.69) is 19.2 Å². The van der Waals surface area contributed by atoms with Crippen LogP contribution in [-0.2, 0) is 0 Å². The lowest BCUT2D eigenvalue weighted by Gasteiger charge is -2.07. The fraction of sp³-hybridized carbons (Fsp3) is 0.600. The van der Waals surface area contributed by atoms with E-state index in [4.69, 9.17) is 4.42 Å². The van der Waals surface area contributed by atoms with Gasteiger partial charge in [-0.1, -0.05) is 13.8 Å². The van der Waals surface area contributed by atoms with Crippen LogP contribution in [0.25, 0.3) is 0 Å². The van der Waals surface area contributed by atoms with Gasteiger partial charge in [0.15, 0.2) is 0 Å². The highest BCUT2D eigenvalue weighted by atomic mass is 16.3. The number of furan rings is 1. The first-order valence-electron chi connectivity index (χ1n) is 4.58. The molecule has 1 aromatic rings. The molecule has 0 aliphatic carbocycles. The van der Waals surface area contributed by atoms with Gasteiger partial charge < -0.3 is 9.73 Å². The van der Waals surface area contributed by atoms with Gasteiger partial charge in [-0.15, -0.1) is 0 Å². The van der Waals surface area contributed by atoms with Crippen molar-refractivity contribution in [3.05, 3.63) is 24.2 Å². The van der Waals surface area contributed by atoms with Crippen molar-refractivity contribution in [1.29, 1.82) is 0 Å². The van der Waals surface area contributed by atoms with Crippen LogP contribution in [0.3, 0.4) is 0 Å². The fourth-order valence-electron chi connectivity index (χ4n) is 1.21. The first-order valence-corrected chi connectivity index (χ1v) is 4.58. The lowest BCUT2D eigenvalue weighted by molar-refractivity contribution is 0.455. The molecule has 12 heavy (non-hydrogen) atoms. The lowest BCUT2D eigenvalue weighted by Crippen LogP contribution is -2.15. The molecule has 0 saturated carbocycles. The second kappa shape index (κ2) is 4.99. The average molecular weight is 167 g/mol. The Morgan fingerprint density at radius 1 is 1.58 bits per heavy atom. The van der Waals surface area contributed by atoms with Crippen molar-refractivity contribution in [2.24, 2.45) is 0 Å². The van der Waals surface area contributed by atoms with Crippen LogP contribution in [0.2, 0.25) is 0 Å². The maximum absolute atomic E-state index is 5.30. The largest absolute Gasteiger partial charge is 0.469 e. The SMILES string of the molecule is CCNCCC(C)c1ccco1. The summed E-state index contributed by atoms with van der Waals surface area (Å²) in [7, 11) is 0. The molecule has 1 N–H and O–H groups in total. The zero-order valence-electron chi connectivity index (χ0n) is 7.84. The van der Waals surface area contributed by atoms with Crippen LogP contribution in [0.4, 0.5) is 0 Å². The summed E-state index contributed by atoms with van der Waals surface area (Å²) >= 11 is 0. The fourth-order valence-corrected chi connectivity index (χ4v) is 1.21. The van der Waals surface area contributed by atoms with Crippen molar-refractivity contribution in [1.82, 2.24) is 5.32 Å². The van der Waals surface area contributed by atoms with E-state index in [0.717, 1.165) is 25.3 Å². The molecule has 1 atom stereocenters. The summed E-state index contributed by atoms with van der Waals surface area (Å²) in [4.78, 5) is 0. The molecule has 0 aliphatic heterocycles. The quantitative estimate of drug-likeness (QED) is 0.681. The first kappa shape index (κ1) is 9.33. The summed E-state index contributed by atoms with van der Waals surface area (Å²) in [5.74, 6) is 1.62. The van der Waals surface area contributed by atoms with E-state index < -0.39 is 0 Å². The third kappa shape index (κ3) is 2.70. The maximum Gasteiger partial charge on any atom is 0.106 e. The minimum atomic E-state index is 0.527. The van der Waals surface area contributed by atoms with Gasteiger partial charge in [0.2, 0.25) is 0 Å². The smallest absolute Gasteiger partial charge is 0.106 e. The summed E-state index contributed by atoms with van der Waals surface area (Å²) in [6.07, 6.45) is 2.88. The highest BCUT2D eigenvalue weighted by molar-refractivity contribution is 5.03. The molecule has 0 saturated heterocycles. The molecule has 1 aromatic heterocycles. The van der Waals surface area contributed by atoms with E-state index in [-0.39, 0.29) is 0 Å². The summed E-state index contributed by atoms with van der Waals surface area (Å²) in [6.45, 7) is 6.43. The molecule has 1 heterocycles. The minimum Gasteiger partial charge on any atom is -0.469 e. The van der Waals surface area contributed by atoms with Gasteiger partial charge in [-0.25, -0.2) is 0 Å². The second-order valence-corrected chi connectivity index (χ2v) is 3.06. The van der Waals surface area contributed by atoms with Crippen LogP contribution >= 0.6 is 0 Å². The Morgan fingerprint density at radius 3 is 3.00 bits per heavy atom. The van der Waals surface area contributed by atoms with Gasteiger partial charge in [0.05, 0.1) is 6.26 Å². The van der Waals surface area contributed by atoms with Crippen LogP contribution in [-0.4, -0.2) is 13.1 Å². The Kier molecular flexibility index (Phi) is 3.88. The van der Waals surface area contributed by atoms with E-state index >= 15 is 0 Å². The standard InChI is InChI=1S/C10H17NO/c1-3-11-7-6-9(2)10-5-4-8-12-10/h4-5,8-9,11H,3,6-7H2,1-2H3. The molecule has 0 aliphatic rings. The molecule has 0 fully saturated rings. The molecule has 0 spiro atoms. The summed E-state index contributed by atoms with van der Waals surface area (Å²) in [6, 6.07) is 3.98. The van der Waals surface area contributed by atoms with E-state index in [1.54, 1.807) is 6.26 Å². The van der Waals surface area contributed by atoms with E-state index in [1.807, 2.05) is 12.1 Å². The van der Waals surface area contributed by atoms with Crippen molar-refractivity contribution in [2.45, 2.75) is 26.2 Å². The summed E-state index contributed by atoms with van der Waals surface area (Å²) in [5, 5.41) is 3.30. The molecule has 1 rings (SSSR count). The van der Waals surface area contributed by atoms with Crippen molar-refractivity contribution < 1.29 is 4.42 Å². The maximum atomic E-state index is 5.30. The Bertz CT molecular complexity index is 194. The van der Waals surface area contributed by atoms with Gasteiger partial charge in [-0.2, -0.15) is 0 Å². The van der Waals surface area contributed by atoms with Gasteiger partial charge in [-0.05, 0) is 31.6 Å². The number of rotatable bonds is 5. The summed E-state index contributed by atoms with van der Waals surface area (Å²) in [5.41, 5.74) is 0. The predicted octanol–water partition coefficient (Wildman–Crippen LogP) is 2.38. The molecule has 1 unspecified atom stereocenters. The van der Waals surface area contributed by atoms with Gasteiger partial charge in [0.25, 0.3) is 0 Å². The van der Waals surface area contributed by atoms with E-state index in [1.165, 1.54) is 0 Å². The van der Waals surface area contributed by atoms with Crippen molar-refractivity contribution in [3.8, 4) is 0 Å². The van der Waals surface area contributed by atoms with Gasteiger partial charge >= 0.3 is 0 Å². The minimum absolute atomic E-state index is 0.527. The number of hydrogen-bond acceptors (Lipinski definition) is 2.